The third-order valence-electron chi connectivity index (χ3n) is 2.87. The van der Waals surface area contributed by atoms with Crippen molar-refractivity contribution in [1.29, 1.82) is 0 Å². The molecule has 110 valence electrons. The number of benzene rings is 2. The fourth-order valence-electron chi connectivity index (χ4n) is 1.81. The Labute approximate surface area is 128 Å². The van der Waals surface area contributed by atoms with Crippen LogP contribution in [0.25, 0.3) is 0 Å². The second-order valence-corrected chi connectivity index (χ2v) is 5.13. The summed E-state index contributed by atoms with van der Waals surface area (Å²) < 4.78 is 19.6. The zero-order chi connectivity index (χ0) is 15.4. The molecule has 0 atom stereocenters. The first kappa shape index (κ1) is 15.4. The summed E-state index contributed by atoms with van der Waals surface area (Å²) in [7, 11) is 0. The van der Waals surface area contributed by atoms with Crippen LogP contribution in [0, 0.1) is 15.9 Å². The first-order chi connectivity index (χ1) is 10.0. The van der Waals surface area contributed by atoms with Crippen molar-refractivity contribution in [1.82, 2.24) is 0 Å². The van der Waals surface area contributed by atoms with E-state index in [1.165, 1.54) is 0 Å². The van der Waals surface area contributed by atoms with E-state index in [4.69, 9.17) is 10.5 Å². The van der Waals surface area contributed by atoms with E-state index in [-0.39, 0.29) is 17.9 Å². The quantitative estimate of drug-likeness (QED) is 0.657. The normalized spacial score (nSPS) is 10.4. The molecule has 0 saturated carbocycles. The number of halogens is 2. The molecule has 0 aliphatic rings. The Bertz CT molecular complexity index is 679. The van der Waals surface area contributed by atoms with Crippen LogP contribution in [0.5, 0.6) is 5.75 Å². The predicted octanol–water partition coefficient (Wildman–Crippen LogP) is 3.53. The molecule has 0 bridgehead atoms. The van der Waals surface area contributed by atoms with Crippen LogP contribution in [-0.4, -0.2) is 4.92 Å². The highest BCUT2D eigenvalue weighted by Gasteiger charge is 2.15. The minimum absolute atomic E-state index is 0.0975. The van der Waals surface area contributed by atoms with Gasteiger partial charge < -0.3 is 10.5 Å². The molecule has 0 radical (unpaired) electrons. The average Bonchev–Trinajstić information content (AvgIpc) is 2.46. The Kier molecular flexibility index (Phi) is 4.87. The molecule has 2 aromatic rings. The number of nitrogens with two attached hydrogens (primary N) is 1. The molecule has 2 aromatic carbocycles. The van der Waals surface area contributed by atoms with Crippen molar-refractivity contribution < 1.29 is 14.1 Å². The van der Waals surface area contributed by atoms with Gasteiger partial charge in [0.05, 0.1) is 10.5 Å². The minimum Gasteiger partial charge on any atom is -0.489 e. The molecule has 2 rings (SSSR count). The lowest BCUT2D eigenvalue weighted by Gasteiger charge is -2.09. The number of nitrogens with zero attached hydrogens (tertiary/aromatic N) is 1. The van der Waals surface area contributed by atoms with Crippen LogP contribution in [0.4, 0.5) is 10.1 Å². The second-order valence-electron chi connectivity index (χ2n) is 4.28. The van der Waals surface area contributed by atoms with Gasteiger partial charge in [-0.2, -0.15) is 0 Å². The van der Waals surface area contributed by atoms with Crippen LogP contribution in [0.1, 0.15) is 11.1 Å². The van der Waals surface area contributed by atoms with Gasteiger partial charge in [0.15, 0.2) is 0 Å². The van der Waals surface area contributed by atoms with E-state index in [1.807, 2.05) is 0 Å². The molecule has 0 aliphatic carbocycles. The van der Waals surface area contributed by atoms with E-state index in [9.17, 15) is 14.5 Å². The van der Waals surface area contributed by atoms with Crippen LogP contribution < -0.4 is 10.5 Å². The Morgan fingerprint density at radius 3 is 2.67 bits per heavy atom. The first-order valence-electron chi connectivity index (χ1n) is 6.05. The van der Waals surface area contributed by atoms with Crippen molar-refractivity contribution in [2.45, 2.75) is 13.2 Å². The lowest BCUT2D eigenvalue weighted by Crippen LogP contribution is -2.03. The van der Waals surface area contributed by atoms with Crippen LogP contribution in [0.2, 0.25) is 0 Å². The monoisotopic (exact) mass is 354 g/mol. The van der Waals surface area contributed by atoms with Gasteiger partial charge in [-0.1, -0.05) is 15.9 Å². The van der Waals surface area contributed by atoms with Crippen molar-refractivity contribution >= 4 is 21.6 Å². The number of nitro groups is 1. The molecule has 0 aliphatic heterocycles. The maximum absolute atomic E-state index is 13.2. The standard InChI is InChI=1S/C14H12BrFN2O3/c15-13-3-2-12(6-9(13)7-17)21-8-10-5-11(16)1-4-14(10)18(19)20/h1-6H,7-8,17H2. The van der Waals surface area contributed by atoms with Gasteiger partial charge in [0, 0.05) is 17.1 Å². The SMILES string of the molecule is NCc1cc(OCc2cc(F)ccc2[N+](=O)[O-])ccc1Br. The zero-order valence-corrected chi connectivity index (χ0v) is 12.5. The van der Waals surface area contributed by atoms with E-state index < -0.39 is 10.7 Å². The molecule has 0 aromatic heterocycles. The molecule has 0 unspecified atom stereocenters. The highest BCUT2D eigenvalue weighted by Crippen LogP contribution is 2.25. The van der Waals surface area contributed by atoms with E-state index >= 15 is 0 Å². The molecule has 0 fully saturated rings. The van der Waals surface area contributed by atoms with Crippen LogP contribution in [0.3, 0.4) is 0 Å². The summed E-state index contributed by atoms with van der Waals surface area (Å²) >= 11 is 3.35. The van der Waals surface area contributed by atoms with Crippen LogP contribution in [-0.2, 0) is 13.2 Å². The van der Waals surface area contributed by atoms with Crippen molar-refractivity contribution in [2.24, 2.45) is 5.73 Å². The molecule has 0 spiro atoms. The van der Waals surface area contributed by atoms with Gasteiger partial charge in [-0.3, -0.25) is 10.1 Å². The summed E-state index contributed by atoms with van der Waals surface area (Å²) in [4.78, 5) is 10.3. The number of nitro benzene ring substituents is 1. The first-order valence-corrected chi connectivity index (χ1v) is 6.84. The maximum atomic E-state index is 13.2. The van der Waals surface area contributed by atoms with Crippen molar-refractivity contribution in [3.05, 3.63) is 67.9 Å². The molecular weight excluding hydrogens is 343 g/mol. The molecule has 0 heterocycles. The second kappa shape index (κ2) is 6.64. The fourth-order valence-corrected chi connectivity index (χ4v) is 2.21. The Morgan fingerprint density at radius 1 is 1.24 bits per heavy atom. The summed E-state index contributed by atoms with van der Waals surface area (Å²) in [5.74, 6) is -0.0325. The summed E-state index contributed by atoms with van der Waals surface area (Å²) in [5.41, 5.74) is 6.44. The topological polar surface area (TPSA) is 78.4 Å². The fraction of sp³-hybridized carbons (Fsp3) is 0.143. The van der Waals surface area contributed by atoms with E-state index in [0.717, 1.165) is 28.2 Å². The zero-order valence-electron chi connectivity index (χ0n) is 10.9. The Morgan fingerprint density at radius 2 is 2.00 bits per heavy atom. The van der Waals surface area contributed by atoms with Gasteiger partial charge >= 0.3 is 0 Å². The molecule has 2 N–H and O–H groups in total. The highest BCUT2D eigenvalue weighted by molar-refractivity contribution is 9.10. The molecular formula is C14H12BrFN2O3. The third-order valence-corrected chi connectivity index (χ3v) is 3.64. The molecule has 0 saturated heterocycles. The van der Waals surface area contributed by atoms with Gasteiger partial charge in [-0.25, -0.2) is 4.39 Å². The van der Waals surface area contributed by atoms with Gasteiger partial charge in [0.1, 0.15) is 18.2 Å². The number of hydrogen-bond donors (Lipinski definition) is 1. The molecule has 21 heavy (non-hydrogen) atoms. The summed E-state index contributed by atoms with van der Waals surface area (Å²) in [6, 6.07) is 8.48. The predicted molar refractivity (Wildman–Crippen MR) is 79.4 cm³/mol. The lowest BCUT2D eigenvalue weighted by molar-refractivity contribution is -0.385. The van der Waals surface area contributed by atoms with Gasteiger partial charge in [-0.15, -0.1) is 0 Å². The summed E-state index contributed by atoms with van der Waals surface area (Å²) in [6.07, 6.45) is 0. The van der Waals surface area contributed by atoms with E-state index in [1.54, 1.807) is 18.2 Å². The minimum atomic E-state index is -0.564. The largest absolute Gasteiger partial charge is 0.489 e. The lowest BCUT2D eigenvalue weighted by atomic mass is 10.2. The average molecular weight is 355 g/mol. The van der Waals surface area contributed by atoms with E-state index in [2.05, 4.69) is 15.9 Å². The smallest absolute Gasteiger partial charge is 0.276 e. The number of rotatable bonds is 5. The molecule has 5 nitrogen and oxygen atoms in total. The summed E-state index contributed by atoms with van der Waals surface area (Å²) in [6.45, 7) is 0.234. The van der Waals surface area contributed by atoms with Crippen LogP contribution in [0.15, 0.2) is 40.9 Å². The van der Waals surface area contributed by atoms with E-state index in [0.29, 0.717) is 12.3 Å². The Hall–Kier alpha value is -1.99. The molecule has 0 amide bonds. The van der Waals surface area contributed by atoms with Crippen molar-refractivity contribution in [3.8, 4) is 5.75 Å². The highest BCUT2D eigenvalue weighted by atomic mass is 79.9. The summed E-state index contributed by atoms with van der Waals surface area (Å²) in [5, 5.41) is 10.9. The number of ether oxygens (including phenoxy) is 1. The third kappa shape index (κ3) is 3.77. The van der Waals surface area contributed by atoms with Gasteiger partial charge in [-0.05, 0) is 35.9 Å². The van der Waals surface area contributed by atoms with Crippen molar-refractivity contribution in [2.75, 3.05) is 0 Å². The number of hydrogen-bond acceptors (Lipinski definition) is 4. The van der Waals surface area contributed by atoms with Gasteiger partial charge in [0.2, 0.25) is 0 Å². The van der Waals surface area contributed by atoms with Crippen molar-refractivity contribution in [3.63, 3.8) is 0 Å². The maximum Gasteiger partial charge on any atom is 0.276 e. The van der Waals surface area contributed by atoms with Crippen LogP contribution >= 0.6 is 15.9 Å². The Balaban J connectivity index is 2.20. The van der Waals surface area contributed by atoms with Gasteiger partial charge in [0.25, 0.3) is 5.69 Å². The molecule has 7 heteroatoms.